The second-order valence-corrected chi connectivity index (χ2v) is 7.52. The molecule has 0 bridgehead atoms. The number of hydrogen-bond donors (Lipinski definition) is 2. The van der Waals surface area contributed by atoms with Crippen LogP contribution in [0.3, 0.4) is 0 Å². The van der Waals surface area contributed by atoms with Gasteiger partial charge in [0.05, 0.1) is 5.02 Å². The zero-order valence-electron chi connectivity index (χ0n) is 12.0. The number of carboxylic acids is 1. The predicted octanol–water partition coefficient (Wildman–Crippen LogP) is 2.76. The van der Waals surface area contributed by atoms with Crippen LogP contribution in [0.5, 0.6) is 0 Å². The van der Waals surface area contributed by atoms with E-state index in [-0.39, 0.29) is 28.8 Å². The lowest BCUT2D eigenvalue weighted by molar-refractivity contribution is -0.138. The van der Waals surface area contributed by atoms with E-state index in [0.717, 1.165) is 0 Å². The van der Waals surface area contributed by atoms with Crippen molar-refractivity contribution in [1.29, 1.82) is 0 Å². The third kappa shape index (κ3) is 6.03. The van der Waals surface area contributed by atoms with E-state index in [1.54, 1.807) is 12.1 Å². The van der Waals surface area contributed by atoms with Crippen LogP contribution in [-0.4, -0.2) is 26.0 Å². The molecule has 1 atom stereocenters. The summed E-state index contributed by atoms with van der Waals surface area (Å²) in [6.07, 6.45) is 0.570. The van der Waals surface area contributed by atoms with Gasteiger partial charge in [-0.15, -0.1) is 0 Å². The van der Waals surface area contributed by atoms with Crippen LogP contribution in [0.4, 0.5) is 0 Å². The van der Waals surface area contributed by atoms with Crippen LogP contribution in [0.1, 0.15) is 26.7 Å². The number of benzene rings is 1. The van der Waals surface area contributed by atoms with E-state index in [4.69, 9.17) is 16.7 Å². The minimum atomic E-state index is -3.73. The summed E-state index contributed by atoms with van der Waals surface area (Å²) in [6, 6.07) is 6.15. The second-order valence-electron chi connectivity index (χ2n) is 5.38. The van der Waals surface area contributed by atoms with Crippen LogP contribution < -0.4 is 4.72 Å². The van der Waals surface area contributed by atoms with Crippen molar-refractivity contribution in [3.63, 3.8) is 0 Å². The highest BCUT2D eigenvalue weighted by Crippen LogP contribution is 2.21. The van der Waals surface area contributed by atoms with Crippen LogP contribution in [0, 0.1) is 11.8 Å². The van der Waals surface area contributed by atoms with Gasteiger partial charge in [-0.05, 0) is 30.4 Å². The number of halogens is 1. The lowest BCUT2D eigenvalue weighted by atomic mass is 9.94. The number of hydrogen-bond acceptors (Lipinski definition) is 3. The molecule has 0 spiro atoms. The molecule has 0 aliphatic rings. The van der Waals surface area contributed by atoms with Crippen molar-refractivity contribution in [2.75, 3.05) is 6.54 Å². The highest BCUT2D eigenvalue weighted by molar-refractivity contribution is 7.89. The smallest absolute Gasteiger partial charge is 0.303 e. The summed E-state index contributed by atoms with van der Waals surface area (Å²) in [5.74, 6) is -0.892. The molecule has 1 aromatic carbocycles. The summed E-state index contributed by atoms with van der Waals surface area (Å²) in [4.78, 5) is 10.8. The van der Waals surface area contributed by atoms with E-state index < -0.39 is 16.0 Å². The highest BCUT2D eigenvalue weighted by Gasteiger charge is 2.21. The number of rotatable bonds is 8. The molecule has 1 aromatic rings. The van der Waals surface area contributed by atoms with Crippen LogP contribution in [0.25, 0.3) is 0 Å². The van der Waals surface area contributed by atoms with E-state index >= 15 is 0 Å². The van der Waals surface area contributed by atoms with Gasteiger partial charge in [-0.25, -0.2) is 13.1 Å². The Kier molecular flexibility index (Phi) is 6.64. The van der Waals surface area contributed by atoms with E-state index in [0.29, 0.717) is 12.3 Å². The molecular weight excluding hydrogens is 314 g/mol. The van der Waals surface area contributed by atoms with E-state index in [9.17, 15) is 13.2 Å². The Balaban J connectivity index is 2.78. The van der Waals surface area contributed by atoms with Gasteiger partial charge < -0.3 is 5.11 Å². The molecule has 0 heterocycles. The molecule has 0 saturated carbocycles. The van der Waals surface area contributed by atoms with Gasteiger partial charge in [0.15, 0.2) is 0 Å². The van der Waals surface area contributed by atoms with Crippen molar-refractivity contribution in [2.24, 2.45) is 11.8 Å². The summed E-state index contributed by atoms with van der Waals surface area (Å²) in [6.45, 7) is 4.02. The molecule has 118 valence electrons. The fraction of sp³-hybridized carbons (Fsp3) is 0.500. The summed E-state index contributed by atoms with van der Waals surface area (Å²) in [7, 11) is -3.73. The number of carbonyl (C=O) groups is 1. The second kappa shape index (κ2) is 7.77. The van der Waals surface area contributed by atoms with Crippen molar-refractivity contribution in [3.8, 4) is 0 Å². The van der Waals surface area contributed by atoms with Crippen molar-refractivity contribution in [2.45, 2.75) is 31.6 Å². The first-order valence-electron chi connectivity index (χ1n) is 6.68. The molecule has 0 radical (unpaired) electrons. The topological polar surface area (TPSA) is 83.5 Å². The Morgan fingerprint density at radius 2 is 1.95 bits per heavy atom. The van der Waals surface area contributed by atoms with E-state index in [1.165, 1.54) is 12.1 Å². The minimum Gasteiger partial charge on any atom is -0.481 e. The van der Waals surface area contributed by atoms with Crippen LogP contribution in [-0.2, 0) is 14.8 Å². The average molecular weight is 334 g/mol. The molecule has 0 saturated heterocycles. The number of sulfonamides is 1. The Morgan fingerprint density at radius 1 is 1.33 bits per heavy atom. The predicted molar refractivity (Wildman–Crippen MR) is 81.8 cm³/mol. The first-order valence-corrected chi connectivity index (χ1v) is 8.54. The van der Waals surface area contributed by atoms with Gasteiger partial charge in [-0.3, -0.25) is 4.79 Å². The Labute approximate surface area is 130 Å². The van der Waals surface area contributed by atoms with Crippen LogP contribution in [0.15, 0.2) is 29.2 Å². The van der Waals surface area contributed by atoms with Crippen LogP contribution in [0.2, 0.25) is 5.02 Å². The van der Waals surface area contributed by atoms with Crippen molar-refractivity contribution in [1.82, 2.24) is 4.72 Å². The van der Waals surface area contributed by atoms with Gasteiger partial charge >= 0.3 is 5.97 Å². The molecular formula is C14H20ClNO4S. The maximum absolute atomic E-state index is 12.2. The normalized spacial score (nSPS) is 13.3. The Hall–Kier alpha value is -1.11. The Morgan fingerprint density at radius 3 is 2.48 bits per heavy atom. The molecule has 0 aliphatic carbocycles. The molecule has 21 heavy (non-hydrogen) atoms. The zero-order chi connectivity index (χ0) is 16.0. The average Bonchev–Trinajstić information content (AvgIpc) is 2.35. The first-order chi connectivity index (χ1) is 9.72. The largest absolute Gasteiger partial charge is 0.481 e. The van der Waals surface area contributed by atoms with E-state index in [1.807, 2.05) is 13.8 Å². The molecule has 0 amide bonds. The fourth-order valence-corrected chi connectivity index (χ4v) is 3.75. The number of carboxylic acid groups (broad SMARTS) is 1. The van der Waals surface area contributed by atoms with Gasteiger partial charge in [-0.1, -0.05) is 37.6 Å². The van der Waals surface area contributed by atoms with Gasteiger partial charge in [0.25, 0.3) is 0 Å². The molecule has 0 aromatic heterocycles. The zero-order valence-corrected chi connectivity index (χ0v) is 13.6. The standard InChI is InChI=1S/C14H20ClNO4S/c1-10(2)7-11(8-14(17)18)9-16-21(19,20)13-6-4-3-5-12(13)15/h3-6,10-11,16H,7-9H2,1-2H3,(H,17,18). The molecule has 7 heteroatoms. The lowest BCUT2D eigenvalue weighted by Crippen LogP contribution is -2.31. The quantitative estimate of drug-likeness (QED) is 0.766. The maximum Gasteiger partial charge on any atom is 0.303 e. The summed E-state index contributed by atoms with van der Waals surface area (Å²) in [5, 5.41) is 9.03. The monoisotopic (exact) mass is 333 g/mol. The van der Waals surface area contributed by atoms with Crippen LogP contribution >= 0.6 is 11.6 Å². The Bertz CT molecular complexity index is 586. The third-order valence-electron chi connectivity index (χ3n) is 2.96. The maximum atomic E-state index is 12.2. The van der Waals surface area contributed by atoms with Gasteiger partial charge in [-0.2, -0.15) is 0 Å². The van der Waals surface area contributed by atoms with Crippen molar-refractivity contribution >= 4 is 27.6 Å². The SMILES string of the molecule is CC(C)CC(CNS(=O)(=O)c1ccccc1Cl)CC(=O)O. The molecule has 0 aliphatic heterocycles. The fourth-order valence-electron chi connectivity index (χ4n) is 2.12. The van der Waals surface area contributed by atoms with Crippen molar-refractivity contribution in [3.05, 3.63) is 29.3 Å². The third-order valence-corrected chi connectivity index (χ3v) is 4.88. The molecule has 2 N–H and O–H groups in total. The van der Waals surface area contributed by atoms with Gasteiger partial charge in [0, 0.05) is 13.0 Å². The lowest BCUT2D eigenvalue weighted by Gasteiger charge is -2.18. The molecule has 1 rings (SSSR count). The molecule has 1 unspecified atom stereocenters. The number of nitrogens with one attached hydrogen (secondary N) is 1. The minimum absolute atomic E-state index is 0.00490. The summed E-state index contributed by atoms with van der Waals surface area (Å²) >= 11 is 5.88. The number of aliphatic carboxylic acids is 1. The first kappa shape index (κ1) is 17.9. The van der Waals surface area contributed by atoms with Gasteiger partial charge in [0.1, 0.15) is 4.90 Å². The van der Waals surface area contributed by atoms with E-state index in [2.05, 4.69) is 4.72 Å². The highest BCUT2D eigenvalue weighted by atomic mass is 35.5. The molecule has 0 fully saturated rings. The van der Waals surface area contributed by atoms with Crippen molar-refractivity contribution < 1.29 is 18.3 Å². The molecule has 5 nitrogen and oxygen atoms in total. The summed E-state index contributed by atoms with van der Waals surface area (Å²) < 4.78 is 26.8. The summed E-state index contributed by atoms with van der Waals surface area (Å²) in [5.41, 5.74) is 0. The van der Waals surface area contributed by atoms with Gasteiger partial charge in [0.2, 0.25) is 10.0 Å².